The quantitative estimate of drug-likeness (QED) is 0.727. The van der Waals surface area contributed by atoms with Crippen LogP contribution < -0.4 is 0 Å². The molecule has 0 amide bonds. The van der Waals surface area contributed by atoms with Gasteiger partial charge in [0.1, 0.15) is 5.75 Å². The molecule has 20 heavy (non-hydrogen) atoms. The Hall–Kier alpha value is -2.36. The fraction of sp³-hybridized carbons (Fsp3) is 0.250. The van der Waals surface area contributed by atoms with Crippen molar-refractivity contribution in [3.8, 4) is 17.2 Å². The number of hydrogen-bond acceptors (Lipinski definition) is 4. The summed E-state index contributed by atoms with van der Waals surface area (Å²) in [6.07, 6.45) is 0. The molecule has 0 saturated carbocycles. The van der Waals surface area contributed by atoms with E-state index < -0.39 is 0 Å². The maximum Gasteiger partial charge on any atom is 0.261 e. The zero-order valence-electron chi connectivity index (χ0n) is 11.7. The van der Waals surface area contributed by atoms with Gasteiger partial charge >= 0.3 is 0 Å². The van der Waals surface area contributed by atoms with E-state index in [-0.39, 0.29) is 11.2 Å². The number of hydrogen-bond donors (Lipinski definition) is 1. The molecule has 4 heteroatoms. The summed E-state index contributed by atoms with van der Waals surface area (Å²) in [6, 6.07) is 11.4. The molecule has 3 aromatic rings. The molecule has 0 aliphatic carbocycles. The lowest BCUT2D eigenvalue weighted by molar-refractivity contribution is 0.400. The summed E-state index contributed by atoms with van der Waals surface area (Å²) in [4.78, 5) is 4.38. The first-order chi connectivity index (χ1) is 9.47. The maximum absolute atomic E-state index is 10.4. The summed E-state index contributed by atoms with van der Waals surface area (Å²) in [5.74, 6) is 1.14. The molecular formula is C16H16N2O2. The van der Waals surface area contributed by atoms with Gasteiger partial charge in [0.25, 0.3) is 5.89 Å². The third kappa shape index (κ3) is 2.03. The maximum atomic E-state index is 10.4. The highest BCUT2D eigenvalue weighted by Gasteiger charge is 2.22. The van der Waals surface area contributed by atoms with Gasteiger partial charge in [0, 0.05) is 10.8 Å². The van der Waals surface area contributed by atoms with Crippen LogP contribution in [0.3, 0.4) is 0 Å². The van der Waals surface area contributed by atoms with Crippen LogP contribution in [0.4, 0.5) is 0 Å². The second-order valence-electron chi connectivity index (χ2n) is 5.86. The molecule has 2 aromatic carbocycles. The smallest absolute Gasteiger partial charge is 0.261 e. The van der Waals surface area contributed by atoms with Crippen LogP contribution in [0.15, 0.2) is 40.9 Å². The van der Waals surface area contributed by atoms with Crippen LogP contribution >= 0.6 is 0 Å². The highest BCUT2D eigenvalue weighted by atomic mass is 16.5. The Kier molecular flexibility index (Phi) is 2.74. The normalized spacial score (nSPS) is 11.9. The zero-order valence-corrected chi connectivity index (χ0v) is 11.7. The lowest BCUT2D eigenvalue weighted by Crippen LogP contribution is -2.13. The van der Waals surface area contributed by atoms with Crippen molar-refractivity contribution in [2.75, 3.05) is 0 Å². The second-order valence-corrected chi connectivity index (χ2v) is 5.86. The van der Waals surface area contributed by atoms with E-state index >= 15 is 0 Å². The Morgan fingerprint density at radius 1 is 1.05 bits per heavy atom. The number of aromatic hydroxyl groups is 1. The number of phenols is 1. The van der Waals surface area contributed by atoms with Gasteiger partial charge in [0.15, 0.2) is 5.82 Å². The highest BCUT2D eigenvalue weighted by Crippen LogP contribution is 2.35. The SMILES string of the molecule is CC(C)(C)c1noc(-c2ccc3ccccc3c2O)n1. The molecule has 3 rings (SSSR count). The summed E-state index contributed by atoms with van der Waals surface area (Å²) in [5, 5.41) is 16.1. The van der Waals surface area contributed by atoms with Gasteiger partial charge in [-0.15, -0.1) is 0 Å². The van der Waals surface area contributed by atoms with E-state index in [1.165, 1.54) is 0 Å². The molecule has 0 radical (unpaired) electrons. The van der Waals surface area contributed by atoms with Gasteiger partial charge in [-0.25, -0.2) is 0 Å². The van der Waals surface area contributed by atoms with Gasteiger partial charge in [0.2, 0.25) is 0 Å². The monoisotopic (exact) mass is 268 g/mol. The van der Waals surface area contributed by atoms with Crippen molar-refractivity contribution in [1.82, 2.24) is 10.1 Å². The molecule has 0 spiro atoms. The van der Waals surface area contributed by atoms with E-state index in [0.29, 0.717) is 17.3 Å². The van der Waals surface area contributed by atoms with Crippen LogP contribution in [0, 0.1) is 0 Å². The van der Waals surface area contributed by atoms with Crippen molar-refractivity contribution in [1.29, 1.82) is 0 Å². The van der Waals surface area contributed by atoms with Crippen molar-refractivity contribution < 1.29 is 9.63 Å². The Balaban J connectivity index is 2.15. The van der Waals surface area contributed by atoms with Crippen molar-refractivity contribution in [3.63, 3.8) is 0 Å². The van der Waals surface area contributed by atoms with Crippen LogP contribution in [0.25, 0.3) is 22.2 Å². The van der Waals surface area contributed by atoms with E-state index in [9.17, 15) is 5.11 Å². The first kappa shape index (κ1) is 12.7. The average molecular weight is 268 g/mol. The molecule has 4 nitrogen and oxygen atoms in total. The molecule has 0 aliphatic heterocycles. The van der Waals surface area contributed by atoms with Crippen LogP contribution in [0.1, 0.15) is 26.6 Å². The van der Waals surface area contributed by atoms with Crippen LogP contribution in [0.2, 0.25) is 0 Å². The van der Waals surface area contributed by atoms with Gasteiger partial charge in [-0.3, -0.25) is 0 Å². The molecule has 1 N–H and O–H groups in total. The third-order valence-electron chi connectivity index (χ3n) is 3.23. The molecule has 0 unspecified atom stereocenters. The van der Waals surface area contributed by atoms with Crippen molar-refractivity contribution >= 4 is 10.8 Å². The third-order valence-corrected chi connectivity index (χ3v) is 3.23. The molecule has 102 valence electrons. The first-order valence-corrected chi connectivity index (χ1v) is 6.52. The van der Waals surface area contributed by atoms with Gasteiger partial charge in [-0.05, 0) is 11.5 Å². The minimum Gasteiger partial charge on any atom is -0.506 e. The summed E-state index contributed by atoms with van der Waals surface area (Å²) in [5.41, 5.74) is 0.375. The van der Waals surface area contributed by atoms with Crippen molar-refractivity contribution in [3.05, 3.63) is 42.2 Å². The van der Waals surface area contributed by atoms with Crippen LogP contribution in [0.5, 0.6) is 5.75 Å². The minimum absolute atomic E-state index is 0.173. The number of phenolic OH excluding ortho intramolecular Hbond substituents is 1. The second kappa shape index (κ2) is 4.34. The Morgan fingerprint density at radius 2 is 1.80 bits per heavy atom. The van der Waals surface area contributed by atoms with Crippen LogP contribution in [-0.4, -0.2) is 15.2 Å². The molecule has 0 bridgehead atoms. The van der Waals surface area contributed by atoms with Gasteiger partial charge in [-0.2, -0.15) is 4.98 Å². The van der Waals surface area contributed by atoms with Crippen molar-refractivity contribution in [2.24, 2.45) is 0 Å². The summed E-state index contributed by atoms with van der Waals surface area (Å²) >= 11 is 0. The molecule has 0 saturated heterocycles. The van der Waals surface area contributed by atoms with Gasteiger partial charge in [-0.1, -0.05) is 56.3 Å². The van der Waals surface area contributed by atoms with E-state index in [0.717, 1.165) is 10.8 Å². The molecule has 1 heterocycles. The predicted molar refractivity (Wildman–Crippen MR) is 77.6 cm³/mol. The van der Waals surface area contributed by atoms with E-state index in [2.05, 4.69) is 10.1 Å². The number of fused-ring (bicyclic) bond motifs is 1. The molecule has 0 aliphatic rings. The predicted octanol–water partition coefficient (Wildman–Crippen LogP) is 3.89. The number of benzene rings is 2. The lowest BCUT2D eigenvalue weighted by Gasteiger charge is -2.11. The molecule has 0 atom stereocenters. The highest BCUT2D eigenvalue weighted by molar-refractivity contribution is 5.93. The van der Waals surface area contributed by atoms with Crippen molar-refractivity contribution in [2.45, 2.75) is 26.2 Å². The molecule has 1 aromatic heterocycles. The average Bonchev–Trinajstić information content (AvgIpc) is 2.89. The summed E-state index contributed by atoms with van der Waals surface area (Å²) in [7, 11) is 0. The number of nitrogens with zero attached hydrogens (tertiary/aromatic N) is 2. The van der Waals surface area contributed by atoms with E-state index in [4.69, 9.17) is 4.52 Å². The fourth-order valence-corrected chi connectivity index (χ4v) is 2.07. The van der Waals surface area contributed by atoms with E-state index in [1.807, 2.05) is 51.1 Å². The Labute approximate surface area is 117 Å². The summed E-state index contributed by atoms with van der Waals surface area (Å²) in [6.45, 7) is 6.05. The minimum atomic E-state index is -0.186. The molecule has 0 fully saturated rings. The Bertz CT molecular complexity index is 769. The van der Waals surface area contributed by atoms with Gasteiger partial charge in [0.05, 0.1) is 5.56 Å². The first-order valence-electron chi connectivity index (χ1n) is 6.52. The van der Waals surface area contributed by atoms with Crippen LogP contribution in [-0.2, 0) is 5.41 Å². The lowest BCUT2D eigenvalue weighted by atomic mass is 9.96. The largest absolute Gasteiger partial charge is 0.506 e. The van der Waals surface area contributed by atoms with E-state index in [1.54, 1.807) is 6.07 Å². The number of aromatic nitrogens is 2. The fourth-order valence-electron chi connectivity index (χ4n) is 2.07. The van der Waals surface area contributed by atoms with Gasteiger partial charge < -0.3 is 9.63 Å². The summed E-state index contributed by atoms with van der Waals surface area (Å²) < 4.78 is 5.29. The standard InChI is InChI=1S/C16H16N2O2/c1-16(2,3)15-17-14(20-18-15)12-9-8-10-6-4-5-7-11(10)13(12)19/h4-9,19H,1-3H3. The molecular weight excluding hydrogens is 252 g/mol. The zero-order chi connectivity index (χ0) is 14.3. The topological polar surface area (TPSA) is 59.2 Å². The Morgan fingerprint density at radius 3 is 2.50 bits per heavy atom. The number of rotatable bonds is 1.